The van der Waals surface area contributed by atoms with Crippen molar-refractivity contribution in [3.8, 4) is 0 Å². The van der Waals surface area contributed by atoms with Crippen LogP contribution in [0.3, 0.4) is 0 Å². The fourth-order valence-electron chi connectivity index (χ4n) is 2.52. The maximum atomic E-state index is 12.1. The molecule has 0 saturated carbocycles. The Morgan fingerprint density at radius 3 is 2.35 bits per heavy atom. The lowest BCUT2D eigenvalue weighted by molar-refractivity contribution is -0.147. The molecule has 0 aliphatic heterocycles. The van der Waals surface area contributed by atoms with E-state index in [0.29, 0.717) is 19.4 Å². The number of rotatable bonds is 6. The average molecular weight is 284 g/mol. The van der Waals surface area contributed by atoms with Crippen molar-refractivity contribution in [2.24, 2.45) is 11.8 Å². The van der Waals surface area contributed by atoms with E-state index in [1.54, 1.807) is 13.0 Å². The summed E-state index contributed by atoms with van der Waals surface area (Å²) in [6.45, 7) is 2.17. The zero-order valence-electron chi connectivity index (χ0n) is 12.3. The second-order valence-corrected chi connectivity index (χ2v) is 5.95. The predicted octanol–water partition coefficient (Wildman–Crippen LogP) is 0.0822. The summed E-state index contributed by atoms with van der Waals surface area (Å²) in [7, 11) is 3.67. The lowest BCUT2D eigenvalue weighted by Crippen LogP contribution is -2.49. The van der Waals surface area contributed by atoms with Gasteiger partial charge in [-0.3, -0.25) is 9.59 Å². The minimum Gasteiger partial charge on any atom is -0.481 e. The van der Waals surface area contributed by atoms with Gasteiger partial charge in [-0.15, -0.1) is 0 Å². The van der Waals surface area contributed by atoms with E-state index in [-0.39, 0.29) is 12.5 Å². The van der Waals surface area contributed by atoms with Gasteiger partial charge in [-0.25, -0.2) is 0 Å². The van der Waals surface area contributed by atoms with Gasteiger partial charge in [-0.2, -0.15) is 0 Å². The summed E-state index contributed by atoms with van der Waals surface area (Å²) in [5.74, 6) is -2.50. The van der Waals surface area contributed by atoms with Crippen molar-refractivity contribution in [3.63, 3.8) is 0 Å². The SMILES string of the molecule is CN(C)CC(C)(O)CNC(=O)[C@@H]1CC=CC[C@@H]1C(=O)O. The van der Waals surface area contributed by atoms with Crippen LogP contribution in [-0.4, -0.2) is 59.8 Å². The van der Waals surface area contributed by atoms with Crippen molar-refractivity contribution in [1.82, 2.24) is 10.2 Å². The standard InChI is InChI=1S/C14H24N2O4/c1-14(20,9-16(2)3)8-15-12(17)10-6-4-5-7-11(10)13(18)19/h4-5,10-11,20H,6-9H2,1-3H3,(H,15,17)(H,18,19)/t10-,11+,14?/m1/s1. The van der Waals surface area contributed by atoms with Crippen molar-refractivity contribution in [3.05, 3.63) is 12.2 Å². The molecule has 20 heavy (non-hydrogen) atoms. The van der Waals surface area contributed by atoms with Crippen molar-refractivity contribution in [2.75, 3.05) is 27.2 Å². The maximum Gasteiger partial charge on any atom is 0.307 e. The molecule has 1 amide bonds. The third-order valence-corrected chi connectivity index (χ3v) is 3.39. The van der Waals surface area contributed by atoms with Crippen molar-refractivity contribution in [2.45, 2.75) is 25.4 Å². The first-order chi connectivity index (χ1) is 9.23. The van der Waals surface area contributed by atoms with Gasteiger partial charge < -0.3 is 20.4 Å². The number of allylic oxidation sites excluding steroid dienone is 2. The fourth-order valence-corrected chi connectivity index (χ4v) is 2.52. The topological polar surface area (TPSA) is 89.9 Å². The van der Waals surface area contributed by atoms with Crippen LogP contribution in [0.25, 0.3) is 0 Å². The number of aliphatic hydroxyl groups is 1. The van der Waals surface area contributed by atoms with E-state index in [4.69, 9.17) is 5.11 Å². The van der Waals surface area contributed by atoms with Crippen LogP contribution in [0.2, 0.25) is 0 Å². The van der Waals surface area contributed by atoms with Gasteiger partial charge in [0.25, 0.3) is 0 Å². The number of hydrogen-bond acceptors (Lipinski definition) is 4. The number of amides is 1. The molecule has 0 bridgehead atoms. The van der Waals surface area contributed by atoms with E-state index < -0.39 is 23.4 Å². The molecule has 0 radical (unpaired) electrons. The minimum atomic E-state index is -1.04. The van der Waals surface area contributed by atoms with Gasteiger partial charge in [0.1, 0.15) is 0 Å². The van der Waals surface area contributed by atoms with Crippen LogP contribution in [-0.2, 0) is 9.59 Å². The minimum absolute atomic E-state index is 0.108. The quantitative estimate of drug-likeness (QED) is 0.601. The van der Waals surface area contributed by atoms with Crippen molar-refractivity contribution >= 4 is 11.9 Å². The van der Waals surface area contributed by atoms with Crippen LogP contribution in [0.5, 0.6) is 0 Å². The largest absolute Gasteiger partial charge is 0.481 e. The number of carbonyl (C=O) groups excluding carboxylic acids is 1. The summed E-state index contributed by atoms with van der Waals surface area (Å²) >= 11 is 0. The zero-order valence-corrected chi connectivity index (χ0v) is 12.3. The van der Waals surface area contributed by atoms with E-state index in [0.717, 1.165) is 0 Å². The lowest BCUT2D eigenvalue weighted by atomic mass is 9.82. The molecule has 0 fully saturated rings. The molecule has 6 nitrogen and oxygen atoms in total. The van der Waals surface area contributed by atoms with Crippen LogP contribution in [0.4, 0.5) is 0 Å². The van der Waals surface area contributed by atoms with E-state index >= 15 is 0 Å². The monoisotopic (exact) mass is 284 g/mol. The average Bonchev–Trinajstić information content (AvgIpc) is 2.34. The Balaban J connectivity index is 2.57. The lowest BCUT2D eigenvalue weighted by Gasteiger charge is -2.29. The number of hydrogen-bond donors (Lipinski definition) is 3. The zero-order chi connectivity index (χ0) is 15.3. The highest BCUT2D eigenvalue weighted by Crippen LogP contribution is 2.26. The Labute approximate surface area is 119 Å². The second-order valence-electron chi connectivity index (χ2n) is 5.95. The van der Waals surface area contributed by atoms with Crippen LogP contribution in [0.1, 0.15) is 19.8 Å². The first-order valence-corrected chi connectivity index (χ1v) is 6.75. The molecule has 0 aromatic rings. The smallest absolute Gasteiger partial charge is 0.307 e. The summed E-state index contributed by atoms with van der Waals surface area (Å²) in [6.07, 6.45) is 4.44. The van der Waals surface area contributed by atoms with Crippen molar-refractivity contribution in [1.29, 1.82) is 0 Å². The Morgan fingerprint density at radius 2 is 1.85 bits per heavy atom. The molecule has 1 unspecified atom stereocenters. The molecule has 114 valence electrons. The van der Waals surface area contributed by atoms with E-state index in [9.17, 15) is 14.7 Å². The summed E-state index contributed by atoms with van der Waals surface area (Å²) in [5, 5.41) is 21.9. The Kier molecular flexibility index (Phi) is 5.71. The van der Waals surface area contributed by atoms with Gasteiger partial charge in [-0.1, -0.05) is 12.2 Å². The van der Waals surface area contributed by atoms with Gasteiger partial charge in [0.05, 0.1) is 17.4 Å². The number of aliphatic carboxylic acids is 1. The highest BCUT2D eigenvalue weighted by molar-refractivity contribution is 5.85. The Morgan fingerprint density at radius 1 is 1.30 bits per heavy atom. The van der Waals surface area contributed by atoms with E-state index in [1.165, 1.54) is 0 Å². The fraction of sp³-hybridized carbons (Fsp3) is 0.714. The third kappa shape index (κ3) is 4.94. The number of carboxylic acids is 1. The number of nitrogens with one attached hydrogen (secondary N) is 1. The third-order valence-electron chi connectivity index (χ3n) is 3.39. The number of carbonyl (C=O) groups is 2. The number of likely N-dealkylation sites (N-methyl/N-ethyl adjacent to an activating group) is 1. The van der Waals surface area contributed by atoms with Gasteiger partial charge in [0, 0.05) is 13.1 Å². The molecule has 0 aromatic carbocycles. The first kappa shape index (κ1) is 16.7. The molecule has 3 N–H and O–H groups in total. The van der Waals surface area contributed by atoms with Crippen LogP contribution < -0.4 is 5.32 Å². The van der Waals surface area contributed by atoms with Crippen molar-refractivity contribution < 1.29 is 19.8 Å². The molecular weight excluding hydrogens is 260 g/mol. The van der Waals surface area contributed by atoms with Crippen LogP contribution in [0, 0.1) is 11.8 Å². The molecule has 0 heterocycles. The van der Waals surface area contributed by atoms with Gasteiger partial charge in [0.15, 0.2) is 0 Å². The number of carboxylic acid groups (broad SMARTS) is 1. The summed E-state index contributed by atoms with van der Waals surface area (Å²) < 4.78 is 0. The molecule has 3 atom stereocenters. The molecule has 1 aliphatic rings. The molecule has 1 aliphatic carbocycles. The summed E-state index contributed by atoms with van der Waals surface area (Å²) in [4.78, 5) is 25.1. The van der Waals surface area contributed by atoms with Gasteiger partial charge in [0.2, 0.25) is 5.91 Å². The molecular formula is C14H24N2O4. The molecule has 1 rings (SSSR count). The Hall–Kier alpha value is -1.40. The van der Waals surface area contributed by atoms with Crippen LogP contribution >= 0.6 is 0 Å². The van der Waals surface area contributed by atoms with Gasteiger partial charge >= 0.3 is 5.97 Å². The molecule has 0 spiro atoms. The maximum absolute atomic E-state index is 12.1. The highest BCUT2D eigenvalue weighted by atomic mass is 16.4. The molecule has 6 heteroatoms. The second kappa shape index (κ2) is 6.85. The predicted molar refractivity (Wildman–Crippen MR) is 75.2 cm³/mol. The van der Waals surface area contributed by atoms with E-state index in [1.807, 2.05) is 25.1 Å². The van der Waals surface area contributed by atoms with E-state index in [2.05, 4.69) is 5.32 Å². The molecule has 0 aromatic heterocycles. The number of nitrogens with zero attached hydrogens (tertiary/aromatic N) is 1. The van der Waals surface area contributed by atoms with Crippen LogP contribution in [0.15, 0.2) is 12.2 Å². The summed E-state index contributed by atoms with van der Waals surface area (Å²) in [5.41, 5.74) is -1.04. The first-order valence-electron chi connectivity index (χ1n) is 6.75. The summed E-state index contributed by atoms with van der Waals surface area (Å²) in [6, 6.07) is 0. The normalized spacial score (nSPS) is 25.2. The Bertz CT molecular complexity index is 391. The molecule has 0 saturated heterocycles. The van der Waals surface area contributed by atoms with Gasteiger partial charge in [-0.05, 0) is 33.9 Å². The highest BCUT2D eigenvalue weighted by Gasteiger charge is 2.34.